The fourth-order valence-electron chi connectivity index (χ4n) is 1.74. The quantitative estimate of drug-likeness (QED) is 0.807. The monoisotopic (exact) mass is 293 g/mol. The molecule has 0 aliphatic heterocycles. The van der Waals surface area contributed by atoms with E-state index in [0.29, 0.717) is 16.7 Å². The number of carbonyl (C=O) groups is 1. The van der Waals surface area contributed by atoms with Crippen molar-refractivity contribution in [3.05, 3.63) is 22.5 Å². The van der Waals surface area contributed by atoms with E-state index in [1.54, 1.807) is 0 Å². The van der Waals surface area contributed by atoms with Gasteiger partial charge in [-0.05, 0) is 11.8 Å². The number of nitrogens with zero attached hydrogens (tertiary/aromatic N) is 2. The number of anilines is 2. The molecule has 0 aliphatic carbocycles. The zero-order valence-corrected chi connectivity index (χ0v) is 12.8. The number of carbonyl (C=O) groups excluding carboxylic acids is 1. The van der Waals surface area contributed by atoms with Gasteiger partial charge in [0.05, 0.1) is 17.1 Å². The average molecular weight is 293 g/mol. The van der Waals surface area contributed by atoms with Gasteiger partial charge in [0, 0.05) is 5.38 Å². The molecule has 1 amide bonds. The third kappa shape index (κ3) is 2.82. The lowest BCUT2D eigenvalue weighted by atomic mass is 10.1. The summed E-state index contributed by atoms with van der Waals surface area (Å²) in [7, 11) is 0. The summed E-state index contributed by atoms with van der Waals surface area (Å²) >= 11 is 1.40. The van der Waals surface area contributed by atoms with Gasteiger partial charge in [0.1, 0.15) is 0 Å². The van der Waals surface area contributed by atoms with E-state index in [9.17, 15) is 4.79 Å². The van der Waals surface area contributed by atoms with Crippen molar-refractivity contribution in [1.29, 1.82) is 0 Å². The predicted octanol–water partition coefficient (Wildman–Crippen LogP) is 2.95. The lowest BCUT2D eigenvalue weighted by Crippen LogP contribution is -2.14. The molecule has 0 bridgehead atoms. The molecular formula is C13H19N5OS. The minimum Gasteiger partial charge on any atom is -0.395 e. The summed E-state index contributed by atoms with van der Waals surface area (Å²) in [4.78, 5) is 16.5. The number of nitrogens with two attached hydrogens (primary N) is 1. The van der Waals surface area contributed by atoms with E-state index < -0.39 is 0 Å². The minimum atomic E-state index is -0.338. The fraction of sp³-hybridized carbons (Fsp3) is 0.462. The number of H-pyrrole nitrogens is 1. The zero-order chi connectivity index (χ0) is 14.9. The highest BCUT2D eigenvalue weighted by atomic mass is 32.1. The van der Waals surface area contributed by atoms with Crippen LogP contribution in [0.25, 0.3) is 0 Å². The molecule has 2 aromatic rings. The molecule has 6 nitrogen and oxygen atoms in total. The van der Waals surface area contributed by atoms with Gasteiger partial charge in [-0.2, -0.15) is 5.10 Å². The van der Waals surface area contributed by atoms with E-state index in [0.717, 1.165) is 11.4 Å². The van der Waals surface area contributed by atoms with Crippen molar-refractivity contribution in [2.75, 3.05) is 11.1 Å². The van der Waals surface area contributed by atoms with Crippen molar-refractivity contribution >= 4 is 28.1 Å². The second-order valence-corrected chi connectivity index (χ2v) is 6.10. The number of aromatic amines is 1. The third-order valence-electron chi connectivity index (χ3n) is 2.96. The first-order valence-corrected chi connectivity index (χ1v) is 7.38. The maximum Gasteiger partial charge on any atom is 0.280 e. The Morgan fingerprint density at radius 1 is 1.35 bits per heavy atom. The molecule has 108 valence electrons. The van der Waals surface area contributed by atoms with Crippen LogP contribution in [0, 0.1) is 0 Å². The summed E-state index contributed by atoms with van der Waals surface area (Å²) in [5.41, 5.74) is 8.30. The number of rotatable bonds is 4. The summed E-state index contributed by atoms with van der Waals surface area (Å²) in [5.74, 6) is 0.187. The summed E-state index contributed by atoms with van der Waals surface area (Å²) < 4.78 is 0. The molecule has 0 unspecified atom stereocenters. The van der Waals surface area contributed by atoms with Gasteiger partial charge < -0.3 is 5.73 Å². The van der Waals surface area contributed by atoms with Crippen molar-refractivity contribution in [2.45, 2.75) is 39.5 Å². The molecule has 0 fully saturated rings. The van der Waals surface area contributed by atoms with Crippen molar-refractivity contribution < 1.29 is 4.79 Å². The molecule has 0 atom stereocenters. The van der Waals surface area contributed by atoms with Crippen molar-refractivity contribution in [1.82, 2.24) is 15.2 Å². The summed E-state index contributed by atoms with van der Waals surface area (Å²) in [6.45, 7) is 8.09. The summed E-state index contributed by atoms with van der Waals surface area (Å²) in [5, 5.41) is 12.0. The first-order valence-electron chi connectivity index (χ1n) is 6.50. The molecule has 2 rings (SSSR count). The summed E-state index contributed by atoms with van der Waals surface area (Å²) in [6, 6.07) is 0. The van der Waals surface area contributed by atoms with Crippen LogP contribution in [0.3, 0.4) is 0 Å². The van der Waals surface area contributed by atoms with Gasteiger partial charge in [-0.25, -0.2) is 4.98 Å². The Morgan fingerprint density at radius 3 is 2.55 bits per heavy atom. The topological polar surface area (TPSA) is 96.7 Å². The van der Waals surface area contributed by atoms with Crippen LogP contribution in [0.5, 0.6) is 0 Å². The molecule has 0 saturated heterocycles. The van der Waals surface area contributed by atoms with Crippen LogP contribution in [0.1, 0.15) is 61.4 Å². The number of hydrogen-bond acceptors (Lipinski definition) is 5. The lowest BCUT2D eigenvalue weighted by molar-refractivity contribution is 0.102. The number of aromatic nitrogens is 3. The highest BCUT2D eigenvalue weighted by Gasteiger charge is 2.20. The van der Waals surface area contributed by atoms with Crippen LogP contribution in [-0.2, 0) is 0 Å². The first kappa shape index (κ1) is 14.5. The Labute approximate surface area is 121 Å². The van der Waals surface area contributed by atoms with E-state index in [-0.39, 0.29) is 17.5 Å². The van der Waals surface area contributed by atoms with E-state index in [4.69, 9.17) is 5.73 Å². The van der Waals surface area contributed by atoms with Crippen LogP contribution >= 0.6 is 11.3 Å². The minimum absolute atomic E-state index is 0.191. The highest BCUT2D eigenvalue weighted by molar-refractivity contribution is 7.14. The Morgan fingerprint density at radius 2 is 2.05 bits per heavy atom. The van der Waals surface area contributed by atoms with Gasteiger partial charge in [0.15, 0.2) is 10.8 Å². The maximum absolute atomic E-state index is 12.1. The Kier molecular flexibility index (Phi) is 4.08. The van der Waals surface area contributed by atoms with Gasteiger partial charge in [-0.15, -0.1) is 11.3 Å². The van der Waals surface area contributed by atoms with E-state index in [2.05, 4.69) is 34.3 Å². The Balaban J connectivity index is 2.15. The molecule has 7 heteroatoms. The normalized spacial score (nSPS) is 11.3. The smallest absolute Gasteiger partial charge is 0.280 e. The van der Waals surface area contributed by atoms with E-state index in [1.165, 1.54) is 11.3 Å². The lowest BCUT2D eigenvalue weighted by Gasteiger charge is -2.03. The van der Waals surface area contributed by atoms with Gasteiger partial charge in [-0.3, -0.25) is 15.2 Å². The van der Waals surface area contributed by atoms with E-state index >= 15 is 0 Å². The maximum atomic E-state index is 12.1. The SMILES string of the molecule is CC(C)c1csc(NC(=O)c2n[nH]c(C(C)C)c2N)n1. The van der Waals surface area contributed by atoms with Gasteiger partial charge in [0.2, 0.25) is 0 Å². The molecule has 2 aromatic heterocycles. The molecule has 0 spiro atoms. The van der Waals surface area contributed by atoms with Crippen LogP contribution in [-0.4, -0.2) is 21.1 Å². The molecule has 2 heterocycles. The largest absolute Gasteiger partial charge is 0.395 e. The first-order chi connectivity index (χ1) is 9.40. The molecule has 0 aromatic carbocycles. The second kappa shape index (κ2) is 5.62. The highest BCUT2D eigenvalue weighted by Crippen LogP contribution is 2.25. The summed E-state index contributed by atoms with van der Waals surface area (Å²) in [6.07, 6.45) is 0. The molecular weight excluding hydrogens is 274 g/mol. The predicted molar refractivity (Wildman–Crippen MR) is 81.2 cm³/mol. The average Bonchev–Trinajstić information content (AvgIpc) is 2.95. The van der Waals surface area contributed by atoms with Crippen LogP contribution in [0.4, 0.5) is 10.8 Å². The molecule has 0 aliphatic rings. The van der Waals surface area contributed by atoms with Gasteiger partial charge in [-0.1, -0.05) is 27.7 Å². The molecule has 4 N–H and O–H groups in total. The van der Waals surface area contributed by atoms with Gasteiger partial charge in [0.25, 0.3) is 5.91 Å². The second-order valence-electron chi connectivity index (χ2n) is 5.24. The number of nitrogen functional groups attached to an aromatic ring is 1. The Hall–Kier alpha value is -1.89. The standard InChI is InChI=1S/C13H19N5OS/c1-6(2)8-5-20-13(15-8)16-12(19)11-9(14)10(7(3)4)17-18-11/h5-7H,14H2,1-4H3,(H,17,18)(H,15,16,19). The number of thiazole rings is 1. The van der Waals surface area contributed by atoms with E-state index in [1.807, 2.05) is 19.2 Å². The molecule has 0 saturated carbocycles. The molecule has 20 heavy (non-hydrogen) atoms. The Bertz CT molecular complexity index is 614. The van der Waals surface area contributed by atoms with Crippen LogP contribution in [0.2, 0.25) is 0 Å². The molecule has 0 radical (unpaired) electrons. The number of hydrogen-bond donors (Lipinski definition) is 3. The zero-order valence-electron chi connectivity index (χ0n) is 12.0. The fourth-order valence-corrected chi connectivity index (χ4v) is 2.61. The number of nitrogens with one attached hydrogen (secondary N) is 2. The van der Waals surface area contributed by atoms with Gasteiger partial charge >= 0.3 is 0 Å². The van der Waals surface area contributed by atoms with Crippen molar-refractivity contribution in [3.63, 3.8) is 0 Å². The van der Waals surface area contributed by atoms with Crippen LogP contribution < -0.4 is 11.1 Å². The van der Waals surface area contributed by atoms with Crippen LogP contribution in [0.15, 0.2) is 5.38 Å². The van der Waals surface area contributed by atoms with Crippen molar-refractivity contribution in [3.8, 4) is 0 Å². The van der Waals surface area contributed by atoms with Crippen molar-refractivity contribution in [2.24, 2.45) is 0 Å². The third-order valence-corrected chi connectivity index (χ3v) is 3.74. The number of amides is 1.